The van der Waals surface area contributed by atoms with Crippen LogP contribution in [0.2, 0.25) is 10.0 Å². The second kappa shape index (κ2) is 7.42. The van der Waals surface area contributed by atoms with Gasteiger partial charge in [0.25, 0.3) is 5.91 Å². The normalized spacial score (nSPS) is 10.6. The summed E-state index contributed by atoms with van der Waals surface area (Å²) in [5.74, 6) is 0.613. The van der Waals surface area contributed by atoms with Crippen LogP contribution in [0.25, 0.3) is 11.5 Å². The molecule has 0 unspecified atom stereocenters. The molecule has 0 saturated carbocycles. The summed E-state index contributed by atoms with van der Waals surface area (Å²) >= 11 is 11.7. The number of halogens is 2. The Morgan fingerprint density at radius 3 is 2.62 bits per heavy atom. The second-order valence-corrected chi connectivity index (χ2v) is 5.69. The molecule has 3 aromatic rings. The zero-order valence-corrected chi connectivity index (χ0v) is 13.9. The highest BCUT2D eigenvalue weighted by atomic mass is 35.5. The fourth-order valence-corrected chi connectivity index (χ4v) is 2.29. The number of hydrogen-bond acceptors (Lipinski definition) is 5. The molecule has 1 N–H and O–H groups in total. The van der Waals surface area contributed by atoms with Crippen LogP contribution < -0.4 is 5.32 Å². The quantitative estimate of drug-likeness (QED) is 0.751. The molecule has 3 rings (SSSR count). The third-order valence-electron chi connectivity index (χ3n) is 3.20. The number of pyridine rings is 1. The van der Waals surface area contributed by atoms with Gasteiger partial charge in [0.05, 0.1) is 10.0 Å². The van der Waals surface area contributed by atoms with Crippen LogP contribution in [-0.2, 0) is 6.42 Å². The van der Waals surface area contributed by atoms with Crippen molar-refractivity contribution >= 4 is 29.1 Å². The summed E-state index contributed by atoms with van der Waals surface area (Å²) < 4.78 is 5.55. The van der Waals surface area contributed by atoms with Crippen LogP contribution in [0.1, 0.15) is 16.2 Å². The van der Waals surface area contributed by atoms with E-state index in [2.05, 4.69) is 20.5 Å². The molecule has 0 aliphatic heterocycles. The van der Waals surface area contributed by atoms with Crippen LogP contribution in [-0.4, -0.2) is 27.6 Å². The fourth-order valence-electron chi connectivity index (χ4n) is 1.99. The van der Waals surface area contributed by atoms with E-state index in [0.29, 0.717) is 40.4 Å². The molecule has 0 saturated heterocycles. The number of hydrogen-bond donors (Lipinski definition) is 1. The maximum absolute atomic E-state index is 12.0. The molecule has 2 heterocycles. The highest BCUT2D eigenvalue weighted by Crippen LogP contribution is 2.22. The van der Waals surface area contributed by atoms with Crippen LogP contribution in [0, 0.1) is 0 Å². The van der Waals surface area contributed by atoms with Crippen molar-refractivity contribution in [3.05, 3.63) is 64.2 Å². The van der Waals surface area contributed by atoms with E-state index in [0.717, 1.165) is 5.56 Å². The lowest BCUT2D eigenvalue weighted by atomic mass is 10.2. The molecular formula is C16H12Cl2N4O2. The van der Waals surface area contributed by atoms with E-state index in [1.807, 2.05) is 0 Å². The summed E-state index contributed by atoms with van der Waals surface area (Å²) in [6, 6.07) is 8.27. The Bertz CT molecular complexity index is 852. The lowest BCUT2D eigenvalue weighted by molar-refractivity contribution is 0.0953. The number of aromatic nitrogens is 3. The summed E-state index contributed by atoms with van der Waals surface area (Å²) in [5.41, 5.74) is 1.23. The van der Waals surface area contributed by atoms with Gasteiger partial charge in [-0.3, -0.25) is 9.78 Å². The molecule has 0 bridgehead atoms. The smallest absolute Gasteiger partial charge is 0.251 e. The first-order valence-electron chi connectivity index (χ1n) is 7.09. The second-order valence-electron chi connectivity index (χ2n) is 4.87. The zero-order valence-electron chi connectivity index (χ0n) is 12.4. The molecule has 0 spiro atoms. The number of carbonyl (C=O) groups excluding carboxylic acids is 1. The summed E-state index contributed by atoms with van der Waals surface area (Å²) in [5, 5.41) is 11.4. The van der Waals surface area contributed by atoms with E-state index in [4.69, 9.17) is 27.6 Å². The van der Waals surface area contributed by atoms with Crippen molar-refractivity contribution < 1.29 is 9.21 Å². The highest BCUT2D eigenvalue weighted by molar-refractivity contribution is 6.42. The predicted molar refractivity (Wildman–Crippen MR) is 90.0 cm³/mol. The Labute approximate surface area is 147 Å². The van der Waals surface area contributed by atoms with Crippen molar-refractivity contribution in [1.29, 1.82) is 0 Å². The third kappa shape index (κ3) is 3.90. The lowest BCUT2D eigenvalue weighted by Gasteiger charge is -2.04. The molecule has 1 amide bonds. The molecule has 0 atom stereocenters. The molecule has 2 aromatic heterocycles. The molecule has 0 radical (unpaired) electrons. The largest absolute Gasteiger partial charge is 0.421 e. The Hall–Kier alpha value is -2.44. The number of rotatable bonds is 5. The van der Waals surface area contributed by atoms with E-state index in [1.165, 1.54) is 6.07 Å². The van der Waals surface area contributed by atoms with Crippen LogP contribution in [0.4, 0.5) is 0 Å². The first kappa shape index (κ1) is 16.4. The van der Waals surface area contributed by atoms with Crippen molar-refractivity contribution in [2.24, 2.45) is 0 Å². The van der Waals surface area contributed by atoms with Crippen molar-refractivity contribution in [2.75, 3.05) is 6.54 Å². The molecule has 1 aromatic carbocycles. The minimum absolute atomic E-state index is 0.248. The third-order valence-corrected chi connectivity index (χ3v) is 3.94. The summed E-state index contributed by atoms with van der Waals surface area (Å²) in [6.45, 7) is 0.358. The van der Waals surface area contributed by atoms with E-state index in [9.17, 15) is 4.79 Å². The average molecular weight is 363 g/mol. The Morgan fingerprint density at radius 1 is 1.08 bits per heavy atom. The fraction of sp³-hybridized carbons (Fsp3) is 0.125. The number of amides is 1. The van der Waals surface area contributed by atoms with Crippen molar-refractivity contribution in [2.45, 2.75) is 6.42 Å². The van der Waals surface area contributed by atoms with Gasteiger partial charge in [-0.1, -0.05) is 23.2 Å². The number of nitrogens with one attached hydrogen (secondary N) is 1. The molecule has 0 fully saturated rings. The maximum atomic E-state index is 12.0. The molecule has 24 heavy (non-hydrogen) atoms. The Balaban J connectivity index is 1.56. The number of benzene rings is 1. The van der Waals surface area contributed by atoms with Crippen LogP contribution in [0.5, 0.6) is 0 Å². The lowest BCUT2D eigenvalue weighted by Crippen LogP contribution is -2.25. The summed E-state index contributed by atoms with van der Waals surface area (Å²) in [7, 11) is 0. The monoisotopic (exact) mass is 362 g/mol. The molecule has 8 heteroatoms. The van der Waals surface area contributed by atoms with Crippen molar-refractivity contribution in [3.8, 4) is 11.5 Å². The van der Waals surface area contributed by atoms with E-state index >= 15 is 0 Å². The van der Waals surface area contributed by atoms with Gasteiger partial charge in [-0.15, -0.1) is 10.2 Å². The maximum Gasteiger partial charge on any atom is 0.251 e. The predicted octanol–water partition coefficient (Wildman–Crippen LogP) is 3.41. The first-order valence-corrected chi connectivity index (χ1v) is 7.85. The van der Waals surface area contributed by atoms with Crippen LogP contribution in [0.3, 0.4) is 0 Å². The topological polar surface area (TPSA) is 80.9 Å². The van der Waals surface area contributed by atoms with Gasteiger partial charge in [0.1, 0.15) is 0 Å². The van der Waals surface area contributed by atoms with Crippen LogP contribution in [0.15, 0.2) is 47.1 Å². The molecule has 0 aliphatic carbocycles. The highest BCUT2D eigenvalue weighted by Gasteiger charge is 2.10. The van der Waals surface area contributed by atoms with Gasteiger partial charge in [0.2, 0.25) is 11.8 Å². The summed E-state index contributed by atoms with van der Waals surface area (Å²) in [6.07, 6.45) is 3.72. The van der Waals surface area contributed by atoms with Gasteiger partial charge < -0.3 is 9.73 Å². The molecular weight excluding hydrogens is 351 g/mol. The molecule has 6 nitrogen and oxygen atoms in total. The number of carbonyl (C=O) groups is 1. The standard InChI is InChI=1S/C16H12Cl2N4O2/c17-12-2-1-11(9-13(12)18)15(23)20-8-5-14-21-22-16(24-14)10-3-6-19-7-4-10/h1-4,6-7,9H,5,8H2,(H,20,23). The SMILES string of the molecule is O=C(NCCc1nnc(-c2ccncc2)o1)c1ccc(Cl)c(Cl)c1. The molecule has 0 aliphatic rings. The van der Waals surface area contributed by atoms with Crippen molar-refractivity contribution in [1.82, 2.24) is 20.5 Å². The Morgan fingerprint density at radius 2 is 1.88 bits per heavy atom. The number of nitrogens with zero attached hydrogens (tertiary/aromatic N) is 3. The van der Waals surface area contributed by atoms with E-state index < -0.39 is 0 Å². The van der Waals surface area contributed by atoms with Gasteiger partial charge in [-0.2, -0.15) is 0 Å². The van der Waals surface area contributed by atoms with Gasteiger partial charge >= 0.3 is 0 Å². The zero-order chi connectivity index (χ0) is 16.9. The van der Waals surface area contributed by atoms with Gasteiger partial charge in [0, 0.05) is 36.5 Å². The minimum Gasteiger partial charge on any atom is -0.421 e. The Kier molecular flexibility index (Phi) is 5.08. The minimum atomic E-state index is -0.248. The van der Waals surface area contributed by atoms with E-state index in [-0.39, 0.29) is 5.91 Å². The molecule has 122 valence electrons. The average Bonchev–Trinajstić information content (AvgIpc) is 3.07. The van der Waals surface area contributed by atoms with Gasteiger partial charge in [0.15, 0.2) is 0 Å². The summed E-state index contributed by atoms with van der Waals surface area (Å²) in [4.78, 5) is 16.0. The first-order chi connectivity index (χ1) is 11.6. The van der Waals surface area contributed by atoms with E-state index in [1.54, 1.807) is 36.7 Å². The van der Waals surface area contributed by atoms with Crippen LogP contribution >= 0.6 is 23.2 Å². The van der Waals surface area contributed by atoms with Gasteiger partial charge in [-0.25, -0.2) is 0 Å². The van der Waals surface area contributed by atoms with Gasteiger partial charge in [-0.05, 0) is 30.3 Å². The van der Waals surface area contributed by atoms with Crippen molar-refractivity contribution in [3.63, 3.8) is 0 Å².